The van der Waals surface area contributed by atoms with Crippen molar-refractivity contribution >= 4 is 33.3 Å². The topological polar surface area (TPSA) is 26.3 Å². The highest BCUT2D eigenvalue weighted by Gasteiger charge is 2.20. The number of ether oxygens (including phenoxy) is 1. The van der Waals surface area contributed by atoms with Crippen LogP contribution in [0, 0.1) is 0 Å². The van der Waals surface area contributed by atoms with Crippen LogP contribution < -0.4 is 4.74 Å². The van der Waals surface area contributed by atoms with Crippen molar-refractivity contribution in [2.75, 3.05) is 0 Å². The van der Waals surface area contributed by atoms with E-state index in [2.05, 4.69) is 20.7 Å². The lowest BCUT2D eigenvalue weighted by Gasteiger charge is -2.13. The minimum absolute atomic E-state index is 0.0894. The van der Waals surface area contributed by atoms with E-state index in [0.717, 1.165) is 0 Å². The van der Waals surface area contributed by atoms with Gasteiger partial charge >= 0.3 is 6.61 Å². The van der Waals surface area contributed by atoms with Crippen LogP contribution in [0.2, 0.25) is 0 Å². The SMILES string of the molecule is CC(=O)C(Cl)c1cc(Br)ccc1OC(F)F. The second-order valence-corrected chi connectivity index (χ2v) is 4.39. The van der Waals surface area contributed by atoms with Gasteiger partial charge in [0, 0.05) is 10.0 Å². The summed E-state index contributed by atoms with van der Waals surface area (Å²) in [4.78, 5) is 11.1. The van der Waals surface area contributed by atoms with Gasteiger partial charge in [-0.1, -0.05) is 15.9 Å². The van der Waals surface area contributed by atoms with E-state index < -0.39 is 12.0 Å². The molecule has 0 bridgehead atoms. The van der Waals surface area contributed by atoms with E-state index in [1.807, 2.05) is 0 Å². The zero-order valence-corrected chi connectivity index (χ0v) is 10.6. The molecule has 0 aliphatic heterocycles. The number of carbonyl (C=O) groups excluding carboxylic acids is 1. The normalized spacial score (nSPS) is 12.6. The number of Topliss-reactive ketones (excluding diaryl/α,β-unsaturated/α-hetero) is 1. The minimum atomic E-state index is -2.95. The summed E-state index contributed by atoms with van der Waals surface area (Å²) in [6.45, 7) is -1.67. The van der Waals surface area contributed by atoms with Crippen molar-refractivity contribution in [3.63, 3.8) is 0 Å². The molecule has 16 heavy (non-hydrogen) atoms. The molecule has 0 aromatic heterocycles. The minimum Gasteiger partial charge on any atom is -0.434 e. The molecule has 1 rings (SSSR count). The van der Waals surface area contributed by atoms with Gasteiger partial charge in [0.1, 0.15) is 11.1 Å². The number of hydrogen-bond donors (Lipinski definition) is 0. The molecule has 0 fully saturated rings. The second kappa shape index (κ2) is 5.59. The Morgan fingerprint density at radius 2 is 2.12 bits per heavy atom. The van der Waals surface area contributed by atoms with E-state index >= 15 is 0 Å². The highest BCUT2D eigenvalue weighted by molar-refractivity contribution is 9.10. The fraction of sp³-hybridized carbons (Fsp3) is 0.300. The first kappa shape index (κ1) is 13.4. The molecular weight excluding hydrogens is 305 g/mol. The fourth-order valence-electron chi connectivity index (χ4n) is 1.14. The van der Waals surface area contributed by atoms with Crippen LogP contribution in [0.15, 0.2) is 22.7 Å². The fourth-order valence-corrected chi connectivity index (χ4v) is 1.69. The maximum Gasteiger partial charge on any atom is 0.387 e. The smallest absolute Gasteiger partial charge is 0.387 e. The molecule has 0 saturated heterocycles. The second-order valence-electron chi connectivity index (χ2n) is 3.03. The summed E-state index contributed by atoms with van der Waals surface area (Å²) in [5.41, 5.74) is 0.226. The molecule has 6 heteroatoms. The van der Waals surface area contributed by atoms with Crippen molar-refractivity contribution < 1.29 is 18.3 Å². The van der Waals surface area contributed by atoms with E-state index in [0.29, 0.717) is 4.47 Å². The molecule has 1 unspecified atom stereocenters. The predicted molar refractivity (Wildman–Crippen MR) is 60.0 cm³/mol. The Morgan fingerprint density at radius 1 is 1.50 bits per heavy atom. The molecule has 88 valence electrons. The van der Waals surface area contributed by atoms with Crippen LogP contribution >= 0.6 is 27.5 Å². The van der Waals surface area contributed by atoms with Crippen molar-refractivity contribution in [2.45, 2.75) is 18.9 Å². The van der Waals surface area contributed by atoms with Gasteiger partial charge in [-0.25, -0.2) is 0 Å². The predicted octanol–water partition coefficient (Wildman–Crippen LogP) is 3.92. The average molecular weight is 314 g/mol. The first-order valence-electron chi connectivity index (χ1n) is 4.30. The van der Waals surface area contributed by atoms with Crippen molar-refractivity contribution in [1.82, 2.24) is 0 Å². The lowest BCUT2D eigenvalue weighted by Crippen LogP contribution is -2.08. The van der Waals surface area contributed by atoms with Crippen LogP contribution in [-0.4, -0.2) is 12.4 Å². The summed E-state index contributed by atoms with van der Waals surface area (Å²) in [6.07, 6.45) is 0. The zero-order valence-electron chi connectivity index (χ0n) is 8.22. The Morgan fingerprint density at radius 3 is 2.62 bits per heavy atom. The van der Waals surface area contributed by atoms with Gasteiger partial charge in [0.25, 0.3) is 0 Å². The number of carbonyl (C=O) groups is 1. The largest absolute Gasteiger partial charge is 0.434 e. The van der Waals surface area contributed by atoms with Crippen LogP contribution in [0.1, 0.15) is 17.9 Å². The summed E-state index contributed by atoms with van der Waals surface area (Å²) in [5, 5.41) is -0.994. The number of halogens is 4. The van der Waals surface area contributed by atoms with E-state index in [4.69, 9.17) is 11.6 Å². The lowest BCUT2D eigenvalue weighted by molar-refractivity contribution is -0.116. The van der Waals surface area contributed by atoms with Crippen LogP contribution in [0.25, 0.3) is 0 Å². The van der Waals surface area contributed by atoms with Crippen LogP contribution in [0.5, 0.6) is 5.75 Å². The molecule has 1 atom stereocenters. The lowest BCUT2D eigenvalue weighted by atomic mass is 10.1. The van der Waals surface area contributed by atoms with Gasteiger partial charge < -0.3 is 4.74 Å². The van der Waals surface area contributed by atoms with Gasteiger partial charge in [0.15, 0.2) is 5.78 Å². The summed E-state index contributed by atoms with van der Waals surface area (Å²) >= 11 is 8.97. The summed E-state index contributed by atoms with van der Waals surface area (Å²) in [7, 11) is 0. The van der Waals surface area contributed by atoms with E-state index in [9.17, 15) is 13.6 Å². The Labute approximate surface area is 105 Å². The van der Waals surface area contributed by atoms with Gasteiger partial charge in [-0.05, 0) is 25.1 Å². The molecule has 0 amide bonds. The van der Waals surface area contributed by atoms with Gasteiger partial charge in [-0.15, -0.1) is 11.6 Å². The van der Waals surface area contributed by atoms with Gasteiger partial charge in [0.2, 0.25) is 0 Å². The van der Waals surface area contributed by atoms with Gasteiger partial charge in [-0.2, -0.15) is 8.78 Å². The van der Waals surface area contributed by atoms with E-state index in [1.54, 1.807) is 0 Å². The molecular formula is C10H8BrClF2O2. The highest BCUT2D eigenvalue weighted by atomic mass is 79.9. The number of ketones is 1. The molecule has 0 N–H and O–H groups in total. The molecule has 0 radical (unpaired) electrons. The molecule has 0 spiro atoms. The monoisotopic (exact) mass is 312 g/mol. The first-order valence-corrected chi connectivity index (χ1v) is 5.53. The molecule has 0 saturated carbocycles. The number of benzene rings is 1. The Kier molecular flexibility index (Phi) is 4.68. The highest BCUT2D eigenvalue weighted by Crippen LogP contribution is 2.33. The molecule has 2 nitrogen and oxygen atoms in total. The average Bonchev–Trinajstić information content (AvgIpc) is 2.18. The zero-order chi connectivity index (χ0) is 12.3. The molecule has 1 aromatic rings. The molecule has 0 heterocycles. The van der Waals surface area contributed by atoms with Crippen LogP contribution in [0.4, 0.5) is 8.78 Å². The summed E-state index contributed by atoms with van der Waals surface area (Å²) in [5.74, 6) is -0.424. The van der Waals surface area contributed by atoms with Crippen molar-refractivity contribution in [3.8, 4) is 5.75 Å². The molecule has 1 aromatic carbocycles. The van der Waals surface area contributed by atoms with Crippen molar-refractivity contribution in [2.24, 2.45) is 0 Å². The quantitative estimate of drug-likeness (QED) is 0.788. The summed E-state index contributed by atoms with van der Waals surface area (Å²) in [6, 6.07) is 4.35. The third kappa shape index (κ3) is 3.42. The maximum atomic E-state index is 12.1. The third-order valence-electron chi connectivity index (χ3n) is 1.82. The standard InChI is InChI=1S/C10H8BrClF2O2/c1-5(15)9(12)7-4-6(11)2-3-8(7)16-10(13)14/h2-4,9-10H,1H3. The van der Waals surface area contributed by atoms with E-state index in [-0.39, 0.29) is 17.1 Å². The number of alkyl halides is 3. The van der Waals surface area contributed by atoms with Gasteiger partial charge in [-0.3, -0.25) is 4.79 Å². The molecule has 0 aliphatic carbocycles. The Balaban J connectivity index is 3.12. The Hall–Kier alpha value is -0.680. The van der Waals surface area contributed by atoms with Crippen LogP contribution in [0.3, 0.4) is 0 Å². The maximum absolute atomic E-state index is 12.1. The Bertz CT molecular complexity index is 398. The van der Waals surface area contributed by atoms with E-state index in [1.165, 1.54) is 25.1 Å². The van der Waals surface area contributed by atoms with Crippen LogP contribution in [-0.2, 0) is 4.79 Å². The number of rotatable bonds is 4. The van der Waals surface area contributed by atoms with Crippen molar-refractivity contribution in [3.05, 3.63) is 28.2 Å². The van der Waals surface area contributed by atoms with Gasteiger partial charge in [0.05, 0.1) is 0 Å². The van der Waals surface area contributed by atoms with Crippen molar-refractivity contribution in [1.29, 1.82) is 0 Å². The molecule has 0 aliphatic rings. The third-order valence-corrected chi connectivity index (χ3v) is 2.85. The number of hydrogen-bond acceptors (Lipinski definition) is 2. The first-order chi connectivity index (χ1) is 7.41. The summed E-state index contributed by atoms with van der Waals surface area (Å²) < 4.78 is 29.1.